The van der Waals surface area contributed by atoms with Gasteiger partial charge in [-0.25, -0.2) is 8.42 Å². The van der Waals surface area contributed by atoms with E-state index in [1.54, 1.807) is 22.8 Å². The Morgan fingerprint density at radius 1 is 1.08 bits per heavy atom. The fourth-order valence-corrected chi connectivity index (χ4v) is 6.07. The summed E-state index contributed by atoms with van der Waals surface area (Å²) < 4.78 is 33.5. The summed E-state index contributed by atoms with van der Waals surface area (Å²) in [6.07, 6.45) is 9.52. The SMILES string of the molecule is O=S(=O)(C1CCCCC1)N1CCC[C@@H]1c1nnc(-c2cccnc2)o1. The highest BCUT2D eigenvalue weighted by molar-refractivity contribution is 7.89. The maximum atomic E-state index is 13.1. The largest absolute Gasteiger partial charge is 0.419 e. The lowest BCUT2D eigenvalue weighted by Gasteiger charge is -2.29. The Bertz CT molecular complexity index is 815. The van der Waals surface area contributed by atoms with Crippen LogP contribution in [-0.2, 0) is 10.0 Å². The van der Waals surface area contributed by atoms with E-state index in [0.717, 1.165) is 50.5 Å². The Morgan fingerprint density at radius 2 is 1.92 bits per heavy atom. The van der Waals surface area contributed by atoms with E-state index in [2.05, 4.69) is 15.2 Å². The first-order valence-corrected chi connectivity index (χ1v) is 10.4. The molecule has 1 saturated heterocycles. The first-order valence-electron chi connectivity index (χ1n) is 8.91. The summed E-state index contributed by atoms with van der Waals surface area (Å²) in [5, 5.41) is 7.95. The molecule has 2 aliphatic rings. The molecule has 2 aromatic rings. The molecule has 8 heteroatoms. The quantitative estimate of drug-likeness (QED) is 0.831. The molecule has 134 valence electrons. The number of hydrogen-bond donors (Lipinski definition) is 0. The molecule has 4 rings (SSSR count). The van der Waals surface area contributed by atoms with Gasteiger partial charge in [0.05, 0.1) is 10.8 Å². The number of hydrogen-bond acceptors (Lipinski definition) is 6. The average Bonchev–Trinajstić information content (AvgIpc) is 3.33. The Kier molecular flexibility index (Phi) is 4.56. The van der Waals surface area contributed by atoms with Crippen LogP contribution in [0.4, 0.5) is 0 Å². The molecular weight excluding hydrogens is 340 g/mol. The van der Waals surface area contributed by atoms with Crippen molar-refractivity contribution in [3.05, 3.63) is 30.4 Å². The van der Waals surface area contributed by atoms with Crippen molar-refractivity contribution in [2.45, 2.75) is 56.2 Å². The van der Waals surface area contributed by atoms with Crippen molar-refractivity contribution < 1.29 is 12.8 Å². The van der Waals surface area contributed by atoms with Crippen molar-refractivity contribution in [2.24, 2.45) is 0 Å². The van der Waals surface area contributed by atoms with Crippen LogP contribution in [0.15, 0.2) is 28.9 Å². The van der Waals surface area contributed by atoms with Crippen molar-refractivity contribution in [3.63, 3.8) is 0 Å². The van der Waals surface area contributed by atoms with Crippen LogP contribution in [0.2, 0.25) is 0 Å². The van der Waals surface area contributed by atoms with E-state index < -0.39 is 10.0 Å². The number of aromatic nitrogens is 3. The molecule has 1 aliphatic heterocycles. The Balaban J connectivity index is 1.58. The normalized spacial score (nSPS) is 23.1. The lowest BCUT2D eigenvalue weighted by molar-refractivity contribution is 0.323. The summed E-state index contributed by atoms with van der Waals surface area (Å²) in [5.74, 6) is 0.765. The second kappa shape index (κ2) is 6.84. The molecule has 3 heterocycles. The van der Waals surface area contributed by atoms with E-state index in [4.69, 9.17) is 4.42 Å². The Morgan fingerprint density at radius 3 is 2.68 bits per heavy atom. The molecule has 2 fully saturated rings. The van der Waals surface area contributed by atoms with Gasteiger partial charge in [-0.2, -0.15) is 4.31 Å². The van der Waals surface area contributed by atoms with E-state index in [9.17, 15) is 8.42 Å². The molecule has 1 saturated carbocycles. The number of sulfonamides is 1. The molecule has 0 bridgehead atoms. The van der Waals surface area contributed by atoms with E-state index in [-0.39, 0.29) is 11.3 Å². The molecule has 0 N–H and O–H groups in total. The van der Waals surface area contributed by atoms with Gasteiger partial charge in [0.1, 0.15) is 6.04 Å². The van der Waals surface area contributed by atoms with E-state index >= 15 is 0 Å². The predicted octanol–water partition coefficient (Wildman–Crippen LogP) is 2.93. The zero-order valence-corrected chi connectivity index (χ0v) is 14.9. The predicted molar refractivity (Wildman–Crippen MR) is 92.0 cm³/mol. The molecule has 7 nitrogen and oxygen atoms in total. The van der Waals surface area contributed by atoms with Crippen LogP contribution in [-0.4, -0.2) is 39.7 Å². The smallest absolute Gasteiger partial charge is 0.249 e. The van der Waals surface area contributed by atoms with Crippen LogP contribution < -0.4 is 0 Å². The fourth-order valence-electron chi connectivity index (χ4n) is 3.82. The molecular formula is C17H22N4O3S. The van der Waals surface area contributed by atoms with Crippen molar-refractivity contribution in [1.29, 1.82) is 0 Å². The van der Waals surface area contributed by atoms with Crippen LogP contribution in [0.1, 0.15) is 56.9 Å². The van der Waals surface area contributed by atoms with Crippen molar-refractivity contribution in [3.8, 4) is 11.5 Å². The van der Waals surface area contributed by atoms with Gasteiger partial charge in [-0.1, -0.05) is 19.3 Å². The van der Waals surface area contributed by atoms with E-state index in [0.29, 0.717) is 18.3 Å². The minimum absolute atomic E-state index is 0.262. The topological polar surface area (TPSA) is 89.2 Å². The minimum Gasteiger partial charge on any atom is -0.419 e. The van der Waals surface area contributed by atoms with E-state index in [1.807, 2.05) is 6.07 Å². The second-order valence-electron chi connectivity index (χ2n) is 6.76. The standard InChI is InChI=1S/C17H22N4O3S/c22-25(23,14-7-2-1-3-8-14)21-11-5-9-15(21)17-20-19-16(24-17)13-6-4-10-18-12-13/h4,6,10,12,14-15H,1-3,5,7-9,11H2/t15-/m1/s1. The van der Waals surface area contributed by atoms with Crippen LogP contribution in [0.5, 0.6) is 0 Å². The summed E-state index contributed by atoms with van der Waals surface area (Å²) in [6, 6.07) is 3.30. The first-order chi connectivity index (χ1) is 12.2. The second-order valence-corrected chi connectivity index (χ2v) is 8.93. The molecule has 0 amide bonds. The number of nitrogens with zero attached hydrogens (tertiary/aromatic N) is 4. The molecule has 1 atom stereocenters. The summed E-state index contributed by atoms with van der Waals surface area (Å²) in [7, 11) is -3.32. The molecule has 0 spiro atoms. The Labute approximate surface area is 147 Å². The van der Waals surface area contributed by atoms with Crippen molar-refractivity contribution >= 4 is 10.0 Å². The van der Waals surface area contributed by atoms with Gasteiger partial charge >= 0.3 is 0 Å². The maximum absolute atomic E-state index is 13.1. The maximum Gasteiger partial charge on any atom is 0.249 e. The number of rotatable bonds is 4. The lowest BCUT2D eigenvalue weighted by Crippen LogP contribution is -2.39. The molecule has 25 heavy (non-hydrogen) atoms. The van der Waals surface area contributed by atoms with Gasteiger partial charge in [-0.15, -0.1) is 10.2 Å². The van der Waals surface area contributed by atoms with Gasteiger partial charge in [0, 0.05) is 18.9 Å². The third-order valence-corrected chi connectivity index (χ3v) is 7.54. The van der Waals surface area contributed by atoms with Gasteiger partial charge in [0.15, 0.2) is 0 Å². The van der Waals surface area contributed by atoms with Crippen LogP contribution in [0.3, 0.4) is 0 Å². The van der Waals surface area contributed by atoms with Crippen LogP contribution >= 0.6 is 0 Å². The fraction of sp³-hybridized carbons (Fsp3) is 0.588. The van der Waals surface area contributed by atoms with Crippen molar-refractivity contribution in [2.75, 3.05) is 6.54 Å². The molecule has 0 radical (unpaired) electrons. The summed E-state index contributed by atoms with van der Waals surface area (Å²) in [5.41, 5.74) is 0.737. The third-order valence-electron chi connectivity index (χ3n) is 5.14. The minimum atomic E-state index is -3.32. The van der Waals surface area contributed by atoms with E-state index in [1.165, 1.54) is 0 Å². The molecule has 2 aromatic heterocycles. The van der Waals surface area contributed by atoms with Gasteiger partial charge in [0.2, 0.25) is 21.8 Å². The molecule has 0 unspecified atom stereocenters. The summed E-state index contributed by atoms with van der Waals surface area (Å²) >= 11 is 0. The van der Waals surface area contributed by atoms with Crippen LogP contribution in [0.25, 0.3) is 11.5 Å². The van der Waals surface area contributed by atoms with Gasteiger partial charge < -0.3 is 4.42 Å². The van der Waals surface area contributed by atoms with Gasteiger partial charge in [-0.3, -0.25) is 4.98 Å². The third kappa shape index (κ3) is 3.20. The lowest BCUT2D eigenvalue weighted by atomic mass is 10.0. The highest BCUT2D eigenvalue weighted by Gasteiger charge is 2.42. The zero-order chi connectivity index (χ0) is 17.3. The van der Waals surface area contributed by atoms with Gasteiger partial charge in [-0.05, 0) is 37.8 Å². The summed E-state index contributed by atoms with van der Waals surface area (Å²) in [6.45, 7) is 0.536. The number of pyridine rings is 1. The first kappa shape index (κ1) is 16.7. The molecule has 1 aliphatic carbocycles. The molecule has 0 aromatic carbocycles. The highest BCUT2D eigenvalue weighted by atomic mass is 32.2. The summed E-state index contributed by atoms with van der Waals surface area (Å²) in [4.78, 5) is 4.05. The Hall–Kier alpha value is -1.80. The monoisotopic (exact) mass is 362 g/mol. The van der Waals surface area contributed by atoms with Crippen LogP contribution in [0, 0.1) is 0 Å². The van der Waals surface area contributed by atoms with Crippen molar-refractivity contribution in [1.82, 2.24) is 19.5 Å². The highest BCUT2D eigenvalue weighted by Crippen LogP contribution is 2.38. The zero-order valence-electron chi connectivity index (χ0n) is 14.0. The average molecular weight is 362 g/mol. The van der Waals surface area contributed by atoms with Gasteiger partial charge in [0.25, 0.3) is 0 Å².